The summed E-state index contributed by atoms with van der Waals surface area (Å²) in [6.07, 6.45) is 1.52. The van der Waals surface area contributed by atoms with Crippen molar-refractivity contribution in [3.8, 4) is 0 Å². The first-order valence-electron chi connectivity index (χ1n) is 2.82. The van der Waals surface area contributed by atoms with Gasteiger partial charge in [-0.15, -0.1) is 0 Å². The van der Waals surface area contributed by atoms with Gasteiger partial charge in [-0.2, -0.15) is 0 Å². The fourth-order valence-electron chi connectivity index (χ4n) is 0.380. The first-order valence-corrected chi connectivity index (χ1v) is 5.47. The molecular formula is C4H10BrO4P. The Kier molecular flexibility index (Phi) is 5.58. The van der Waals surface area contributed by atoms with Crippen LogP contribution in [0.5, 0.6) is 0 Å². The lowest BCUT2D eigenvalue weighted by atomic mass is 10.4. The summed E-state index contributed by atoms with van der Waals surface area (Å²) in [7, 11) is -4.22. The topological polar surface area (TPSA) is 66.8 Å². The summed E-state index contributed by atoms with van der Waals surface area (Å²) in [5, 5.41) is 0.831. The molecule has 0 radical (unpaired) electrons. The summed E-state index contributed by atoms with van der Waals surface area (Å²) >= 11 is 3.18. The molecule has 0 heterocycles. The second-order valence-corrected chi connectivity index (χ2v) is 3.75. The minimum absolute atomic E-state index is 0.121. The first-order chi connectivity index (χ1) is 4.56. The van der Waals surface area contributed by atoms with Crippen LogP contribution in [-0.4, -0.2) is 21.7 Å². The summed E-state index contributed by atoms with van der Waals surface area (Å²) in [4.78, 5) is 16.4. The molecular weight excluding hydrogens is 223 g/mol. The van der Waals surface area contributed by atoms with Crippen molar-refractivity contribution in [2.24, 2.45) is 0 Å². The highest BCUT2D eigenvalue weighted by atomic mass is 79.9. The highest BCUT2D eigenvalue weighted by molar-refractivity contribution is 9.09. The van der Waals surface area contributed by atoms with Crippen LogP contribution in [0.4, 0.5) is 0 Å². The zero-order valence-electron chi connectivity index (χ0n) is 5.36. The van der Waals surface area contributed by atoms with Gasteiger partial charge < -0.3 is 9.79 Å². The van der Waals surface area contributed by atoms with Crippen molar-refractivity contribution in [2.45, 2.75) is 12.8 Å². The van der Waals surface area contributed by atoms with Crippen molar-refractivity contribution in [3.63, 3.8) is 0 Å². The lowest BCUT2D eigenvalue weighted by Gasteiger charge is -2.02. The normalized spacial score (nSPS) is 11.9. The molecule has 0 bridgehead atoms. The van der Waals surface area contributed by atoms with Crippen LogP contribution in [0.2, 0.25) is 0 Å². The van der Waals surface area contributed by atoms with Crippen LogP contribution in [-0.2, 0) is 9.09 Å². The van der Waals surface area contributed by atoms with Crippen LogP contribution in [0.1, 0.15) is 12.8 Å². The van der Waals surface area contributed by atoms with E-state index in [2.05, 4.69) is 20.5 Å². The summed E-state index contributed by atoms with van der Waals surface area (Å²) in [6.45, 7) is 0.121. The maximum Gasteiger partial charge on any atom is 0.469 e. The monoisotopic (exact) mass is 232 g/mol. The molecule has 62 valence electrons. The van der Waals surface area contributed by atoms with Gasteiger partial charge >= 0.3 is 7.82 Å². The SMILES string of the molecule is O=P(O)(O)OCCCCBr. The maximum atomic E-state index is 10.1. The number of halogens is 1. The molecule has 2 N–H and O–H groups in total. The van der Waals surface area contributed by atoms with Crippen molar-refractivity contribution in [1.82, 2.24) is 0 Å². The molecule has 0 unspecified atom stereocenters. The third-order valence-corrected chi connectivity index (χ3v) is 1.87. The van der Waals surface area contributed by atoms with Gasteiger partial charge in [0.25, 0.3) is 0 Å². The number of hydrogen-bond donors (Lipinski definition) is 2. The van der Waals surface area contributed by atoms with Gasteiger partial charge in [-0.1, -0.05) is 15.9 Å². The number of phosphoric acid groups is 1. The van der Waals surface area contributed by atoms with Crippen molar-refractivity contribution in [2.75, 3.05) is 11.9 Å². The second kappa shape index (κ2) is 5.27. The Labute approximate surface area is 68.0 Å². The average molecular weight is 233 g/mol. The Morgan fingerprint density at radius 1 is 1.40 bits per heavy atom. The Bertz CT molecular complexity index is 122. The highest BCUT2D eigenvalue weighted by Crippen LogP contribution is 2.35. The fourth-order valence-corrected chi connectivity index (χ4v) is 1.14. The Morgan fingerprint density at radius 2 is 2.00 bits per heavy atom. The average Bonchev–Trinajstić information content (AvgIpc) is 1.78. The number of rotatable bonds is 5. The van der Waals surface area contributed by atoms with Crippen LogP contribution < -0.4 is 0 Å². The molecule has 4 nitrogen and oxygen atoms in total. The third kappa shape index (κ3) is 8.59. The van der Waals surface area contributed by atoms with E-state index in [1.807, 2.05) is 0 Å². The smallest absolute Gasteiger partial charge is 0.303 e. The molecule has 0 aromatic carbocycles. The van der Waals surface area contributed by atoms with Gasteiger partial charge in [0.2, 0.25) is 0 Å². The van der Waals surface area contributed by atoms with Crippen LogP contribution in [0, 0.1) is 0 Å². The molecule has 0 saturated heterocycles. The molecule has 0 amide bonds. The van der Waals surface area contributed by atoms with Crippen molar-refractivity contribution >= 4 is 23.8 Å². The van der Waals surface area contributed by atoms with Gasteiger partial charge in [0.1, 0.15) is 0 Å². The summed E-state index contributed by atoms with van der Waals surface area (Å²) in [6, 6.07) is 0. The van der Waals surface area contributed by atoms with E-state index in [1.165, 1.54) is 0 Å². The largest absolute Gasteiger partial charge is 0.469 e. The standard InChI is InChI=1S/C4H10BrO4P/c5-3-1-2-4-9-10(6,7)8/h1-4H2,(H2,6,7,8). The molecule has 10 heavy (non-hydrogen) atoms. The van der Waals surface area contributed by atoms with Gasteiger partial charge in [-0.3, -0.25) is 4.52 Å². The van der Waals surface area contributed by atoms with E-state index in [0.29, 0.717) is 6.42 Å². The molecule has 0 spiro atoms. The molecule has 0 saturated carbocycles. The van der Waals surface area contributed by atoms with Gasteiger partial charge in [-0.05, 0) is 12.8 Å². The summed E-state index contributed by atoms with van der Waals surface area (Å²) in [5.74, 6) is 0. The molecule has 0 aliphatic rings. The quantitative estimate of drug-likeness (QED) is 0.426. The number of phosphoric ester groups is 1. The van der Waals surface area contributed by atoms with E-state index >= 15 is 0 Å². The Morgan fingerprint density at radius 3 is 2.40 bits per heavy atom. The predicted molar refractivity (Wildman–Crippen MR) is 41.0 cm³/mol. The van der Waals surface area contributed by atoms with E-state index in [0.717, 1.165) is 11.8 Å². The molecule has 0 fully saturated rings. The van der Waals surface area contributed by atoms with Crippen LogP contribution in [0.15, 0.2) is 0 Å². The number of unbranched alkanes of at least 4 members (excludes halogenated alkanes) is 1. The van der Waals surface area contributed by atoms with E-state index in [-0.39, 0.29) is 6.61 Å². The van der Waals surface area contributed by atoms with Crippen LogP contribution >= 0.6 is 23.8 Å². The van der Waals surface area contributed by atoms with Crippen LogP contribution in [0.3, 0.4) is 0 Å². The predicted octanol–water partition coefficient (Wildman–Crippen LogP) is 1.27. The van der Waals surface area contributed by atoms with Crippen molar-refractivity contribution in [3.05, 3.63) is 0 Å². The minimum atomic E-state index is -4.22. The molecule has 0 aromatic rings. The summed E-state index contributed by atoms with van der Waals surface area (Å²) < 4.78 is 14.2. The number of alkyl halides is 1. The molecule has 0 aliphatic heterocycles. The molecule has 0 aliphatic carbocycles. The first kappa shape index (κ1) is 10.6. The highest BCUT2D eigenvalue weighted by Gasteiger charge is 2.11. The fraction of sp³-hybridized carbons (Fsp3) is 1.00. The minimum Gasteiger partial charge on any atom is -0.303 e. The lowest BCUT2D eigenvalue weighted by Crippen LogP contribution is -1.91. The molecule has 0 rings (SSSR count). The molecule has 6 heteroatoms. The van der Waals surface area contributed by atoms with Crippen LogP contribution in [0.25, 0.3) is 0 Å². The van der Waals surface area contributed by atoms with Gasteiger partial charge in [0.05, 0.1) is 6.61 Å². The van der Waals surface area contributed by atoms with Gasteiger partial charge in [-0.25, -0.2) is 4.57 Å². The van der Waals surface area contributed by atoms with Gasteiger partial charge in [0, 0.05) is 5.33 Å². The third-order valence-electron chi connectivity index (χ3n) is 0.787. The second-order valence-electron chi connectivity index (χ2n) is 1.72. The van der Waals surface area contributed by atoms with Gasteiger partial charge in [0.15, 0.2) is 0 Å². The van der Waals surface area contributed by atoms with Crippen molar-refractivity contribution < 1.29 is 18.9 Å². The number of hydrogen-bond acceptors (Lipinski definition) is 2. The van der Waals surface area contributed by atoms with E-state index in [1.54, 1.807) is 0 Å². The molecule has 0 atom stereocenters. The Hall–Kier alpha value is 0.590. The zero-order chi connectivity index (χ0) is 8.04. The van der Waals surface area contributed by atoms with E-state index in [4.69, 9.17) is 9.79 Å². The summed E-state index contributed by atoms with van der Waals surface area (Å²) in [5.41, 5.74) is 0. The lowest BCUT2D eigenvalue weighted by molar-refractivity contribution is 0.195. The molecule has 0 aromatic heterocycles. The maximum absolute atomic E-state index is 10.1. The Balaban J connectivity index is 3.13. The zero-order valence-corrected chi connectivity index (χ0v) is 7.84. The van der Waals surface area contributed by atoms with Crippen molar-refractivity contribution in [1.29, 1.82) is 0 Å². The van der Waals surface area contributed by atoms with E-state index in [9.17, 15) is 4.57 Å². The van der Waals surface area contributed by atoms with E-state index < -0.39 is 7.82 Å².